The molecule has 0 spiro atoms. The smallest absolute Gasteiger partial charge is 0.406 e. The third-order valence-corrected chi connectivity index (χ3v) is 4.81. The van der Waals surface area contributed by atoms with Gasteiger partial charge in [-0.25, -0.2) is 0 Å². The minimum Gasteiger partial charge on any atom is -0.406 e. The topological polar surface area (TPSA) is 58.6 Å². The van der Waals surface area contributed by atoms with Crippen LogP contribution in [0.1, 0.15) is 31.4 Å². The maximum Gasteiger partial charge on any atom is 0.573 e. The molecule has 1 aliphatic heterocycles. The van der Waals surface area contributed by atoms with Crippen LogP contribution in [0.2, 0.25) is 0 Å². The van der Waals surface area contributed by atoms with Crippen molar-refractivity contribution in [1.82, 2.24) is 4.90 Å². The Hall–Kier alpha value is -3.03. The zero-order valence-corrected chi connectivity index (χ0v) is 16.7. The molecule has 160 valence electrons. The number of nitrogens with zero attached hydrogens (tertiary/aromatic N) is 1. The van der Waals surface area contributed by atoms with E-state index in [0.29, 0.717) is 25.1 Å². The van der Waals surface area contributed by atoms with Crippen molar-refractivity contribution in [3.05, 3.63) is 59.7 Å². The molecule has 30 heavy (non-hydrogen) atoms. The molecule has 5 nitrogen and oxygen atoms in total. The SMILES string of the molecule is CC(C)CC(=O)N1Cc2ccccc2CC1C(=O)Nc1ccc(OC(F)(F)F)cc1. The van der Waals surface area contributed by atoms with Crippen molar-refractivity contribution < 1.29 is 27.5 Å². The minimum absolute atomic E-state index is 0.103. The number of anilines is 1. The molecule has 1 atom stereocenters. The van der Waals surface area contributed by atoms with Crippen LogP contribution < -0.4 is 10.1 Å². The number of carbonyl (C=O) groups is 2. The van der Waals surface area contributed by atoms with Crippen molar-refractivity contribution in [2.75, 3.05) is 5.32 Å². The van der Waals surface area contributed by atoms with Gasteiger partial charge in [-0.2, -0.15) is 0 Å². The lowest BCUT2D eigenvalue weighted by Gasteiger charge is -2.36. The lowest BCUT2D eigenvalue weighted by Crippen LogP contribution is -2.50. The number of halogens is 3. The molecule has 0 bridgehead atoms. The van der Waals surface area contributed by atoms with Crippen LogP contribution in [0, 0.1) is 5.92 Å². The van der Waals surface area contributed by atoms with Crippen LogP contribution in [-0.4, -0.2) is 29.1 Å². The fraction of sp³-hybridized carbons (Fsp3) is 0.364. The third kappa shape index (κ3) is 5.52. The summed E-state index contributed by atoms with van der Waals surface area (Å²) in [6.07, 6.45) is -4.08. The molecule has 0 aromatic heterocycles. The van der Waals surface area contributed by atoms with Crippen LogP contribution in [0.3, 0.4) is 0 Å². The van der Waals surface area contributed by atoms with E-state index in [1.807, 2.05) is 38.1 Å². The Bertz CT molecular complexity index is 911. The summed E-state index contributed by atoms with van der Waals surface area (Å²) in [5.41, 5.74) is 2.33. The highest BCUT2D eigenvalue weighted by molar-refractivity contribution is 5.97. The second-order valence-corrected chi connectivity index (χ2v) is 7.67. The Labute approximate surface area is 172 Å². The highest BCUT2D eigenvalue weighted by atomic mass is 19.4. The Morgan fingerprint density at radius 3 is 2.33 bits per heavy atom. The highest BCUT2D eigenvalue weighted by Gasteiger charge is 2.35. The predicted molar refractivity (Wildman–Crippen MR) is 106 cm³/mol. The summed E-state index contributed by atoms with van der Waals surface area (Å²) in [5, 5.41) is 2.70. The number of fused-ring (bicyclic) bond motifs is 1. The average molecular weight is 420 g/mol. The van der Waals surface area contributed by atoms with E-state index >= 15 is 0 Å². The number of hydrogen-bond donors (Lipinski definition) is 1. The standard InChI is InChI=1S/C22H23F3N2O3/c1-14(2)11-20(28)27-13-16-6-4-3-5-15(16)12-19(27)21(29)26-17-7-9-18(10-8-17)30-22(23,24)25/h3-10,14,19H,11-13H2,1-2H3,(H,26,29). The summed E-state index contributed by atoms with van der Waals surface area (Å²) in [5.74, 6) is -0.708. The molecule has 3 rings (SSSR count). The summed E-state index contributed by atoms with van der Waals surface area (Å²) in [6, 6.07) is 11.9. The Kier molecular flexibility index (Phi) is 6.34. The normalized spacial score (nSPS) is 16.2. The van der Waals surface area contributed by atoms with Gasteiger partial charge in [-0.3, -0.25) is 9.59 Å². The molecule has 2 amide bonds. The first-order valence-electron chi connectivity index (χ1n) is 9.65. The summed E-state index contributed by atoms with van der Waals surface area (Å²) in [7, 11) is 0. The van der Waals surface area contributed by atoms with Gasteiger partial charge in [0.1, 0.15) is 11.8 Å². The van der Waals surface area contributed by atoms with Crippen LogP contribution in [0.15, 0.2) is 48.5 Å². The molecule has 0 saturated carbocycles. The van der Waals surface area contributed by atoms with Crippen LogP contribution in [0.5, 0.6) is 5.75 Å². The van der Waals surface area contributed by atoms with Crippen LogP contribution in [-0.2, 0) is 22.6 Å². The van der Waals surface area contributed by atoms with Gasteiger partial charge >= 0.3 is 6.36 Å². The number of ether oxygens (including phenoxy) is 1. The van der Waals surface area contributed by atoms with Gasteiger partial charge in [0.15, 0.2) is 0 Å². The van der Waals surface area contributed by atoms with Gasteiger partial charge in [-0.05, 0) is 41.3 Å². The molecule has 0 radical (unpaired) electrons. The second kappa shape index (κ2) is 8.77. The van der Waals surface area contributed by atoms with Crippen molar-refractivity contribution in [2.45, 2.75) is 45.6 Å². The van der Waals surface area contributed by atoms with Crippen LogP contribution in [0.25, 0.3) is 0 Å². The van der Waals surface area contributed by atoms with E-state index in [-0.39, 0.29) is 23.5 Å². The lowest BCUT2D eigenvalue weighted by atomic mass is 9.92. The zero-order valence-electron chi connectivity index (χ0n) is 16.7. The van der Waals surface area contributed by atoms with Gasteiger partial charge in [-0.15, -0.1) is 13.2 Å². The molecule has 2 aromatic carbocycles. The van der Waals surface area contributed by atoms with E-state index in [0.717, 1.165) is 23.3 Å². The summed E-state index contributed by atoms with van der Waals surface area (Å²) < 4.78 is 40.7. The van der Waals surface area contributed by atoms with Gasteiger partial charge in [0, 0.05) is 25.1 Å². The predicted octanol–water partition coefficient (Wildman–Crippen LogP) is 4.52. The maximum atomic E-state index is 13.0. The fourth-order valence-electron chi connectivity index (χ4n) is 3.45. The molecule has 0 aliphatic carbocycles. The second-order valence-electron chi connectivity index (χ2n) is 7.67. The van der Waals surface area contributed by atoms with Crippen molar-refractivity contribution in [3.63, 3.8) is 0 Å². The first-order valence-corrected chi connectivity index (χ1v) is 9.65. The van der Waals surface area contributed by atoms with Crippen molar-refractivity contribution in [2.24, 2.45) is 5.92 Å². The van der Waals surface area contributed by atoms with E-state index in [1.54, 1.807) is 4.90 Å². The molecular formula is C22H23F3N2O3. The van der Waals surface area contributed by atoms with Crippen molar-refractivity contribution in [3.8, 4) is 5.75 Å². The molecule has 0 fully saturated rings. The molecule has 1 unspecified atom stereocenters. The number of benzene rings is 2. The number of carbonyl (C=O) groups excluding carboxylic acids is 2. The molecule has 0 saturated heterocycles. The first-order chi connectivity index (χ1) is 14.1. The van der Waals surface area contributed by atoms with Gasteiger partial charge in [0.05, 0.1) is 0 Å². The van der Waals surface area contributed by atoms with Crippen molar-refractivity contribution >= 4 is 17.5 Å². The molecule has 2 aromatic rings. The number of amides is 2. The van der Waals surface area contributed by atoms with Crippen LogP contribution >= 0.6 is 0 Å². The average Bonchev–Trinajstić information content (AvgIpc) is 2.66. The van der Waals surface area contributed by atoms with E-state index < -0.39 is 12.4 Å². The molecular weight excluding hydrogens is 397 g/mol. The summed E-state index contributed by atoms with van der Waals surface area (Å²) in [6.45, 7) is 4.23. The third-order valence-electron chi connectivity index (χ3n) is 4.81. The summed E-state index contributed by atoms with van der Waals surface area (Å²) >= 11 is 0. The highest BCUT2D eigenvalue weighted by Crippen LogP contribution is 2.27. The fourth-order valence-corrected chi connectivity index (χ4v) is 3.45. The van der Waals surface area contributed by atoms with Gasteiger partial charge in [-0.1, -0.05) is 38.1 Å². The minimum atomic E-state index is -4.78. The van der Waals surface area contributed by atoms with E-state index in [4.69, 9.17) is 0 Å². The largest absolute Gasteiger partial charge is 0.573 e. The molecule has 1 heterocycles. The number of hydrogen-bond acceptors (Lipinski definition) is 3. The van der Waals surface area contributed by atoms with Crippen molar-refractivity contribution in [1.29, 1.82) is 0 Å². The zero-order chi connectivity index (χ0) is 21.9. The van der Waals surface area contributed by atoms with Gasteiger partial charge < -0.3 is 15.0 Å². The molecule has 8 heteroatoms. The van der Waals surface area contributed by atoms with Crippen LogP contribution in [0.4, 0.5) is 18.9 Å². The monoisotopic (exact) mass is 420 g/mol. The Balaban J connectivity index is 1.77. The van der Waals surface area contributed by atoms with E-state index in [9.17, 15) is 22.8 Å². The van der Waals surface area contributed by atoms with Gasteiger partial charge in [0.2, 0.25) is 11.8 Å². The molecule has 1 N–H and O–H groups in total. The molecule has 1 aliphatic rings. The Morgan fingerprint density at radius 1 is 1.10 bits per heavy atom. The summed E-state index contributed by atoms with van der Waals surface area (Å²) in [4.78, 5) is 27.3. The first kappa shape index (κ1) is 21.7. The quantitative estimate of drug-likeness (QED) is 0.774. The Morgan fingerprint density at radius 2 is 1.73 bits per heavy atom. The number of nitrogens with one attached hydrogen (secondary N) is 1. The number of alkyl halides is 3. The van der Waals surface area contributed by atoms with Gasteiger partial charge in [0.25, 0.3) is 0 Å². The van der Waals surface area contributed by atoms with E-state index in [2.05, 4.69) is 10.1 Å². The number of rotatable bonds is 5. The lowest BCUT2D eigenvalue weighted by molar-refractivity contribution is -0.274. The maximum absolute atomic E-state index is 13.0. The van der Waals surface area contributed by atoms with E-state index in [1.165, 1.54) is 12.1 Å².